The van der Waals surface area contributed by atoms with Gasteiger partial charge in [0.05, 0.1) is 24.9 Å². The molecule has 3 heterocycles. The van der Waals surface area contributed by atoms with Gasteiger partial charge in [0.2, 0.25) is 5.91 Å². The van der Waals surface area contributed by atoms with Crippen molar-refractivity contribution in [1.29, 1.82) is 0 Å². The predicted octanol–water partition coefficient (Wildman–Crippen LogP) is -1.31. The summed E-state index contributed by atoms with van der Waals surface area (Å²) in [5.41, 5.74) is 0. The van der Waals surface area contributed by atoms with Crippen LogP contribution in [-0.4, -0.2) is 73.0 Å². The molecule has 4 unspecified atom stereocenters. The fourth-order valence-electron chi connectivity index (χ4n) is 3.26. The number of amides is 1. The van der Waals surface area contributed by atoms with Crippen molar-refractivity contribution < 1.29 is 14.6 Å². The molecule has 3 rings (SSSR count). The van der Waals surface area contributed by atoms with Crippen molar-refractivity contribution in [2.24, 2.45) is 0 Å². The van der Waals surface area contributed by atoms with E-state index < -0.39 is 6.10 Å². The van der Waals surface area contributed by atoms with Gasteiger partial charge in [0.15, 0.2) is 0 Å². The Labute approximate surface area is 113 Å². The number of nitrogens with one attached hydrogen (secondary N) is 2. The zero-order chi connectivity index (χ0) is 13.2. The van der Waals surface area contributed by atoms with Gasteiger partial charge in [0.1, 0.15) is 0 Å². The van der Waals surface area contributed by atoms with E-state index in [1.807, 2.05) is 0 Å². The lowest BCUT2D eigenvalue weighted by Crippen LogP contribution is -2.51. The summed E-state index contributed by atoms with van der Waals surface area (Å²) in [6, 6.07) is 0.344. The van der Waals surface area contributed by atoms with E-state index in [4.69, 9.17) is 4.74 Å². The average Bonchev–Trinajstić information content (AvgIpc) is 3.03. The zero-order valence-electron chi connectivity index (χ0n) is 11.2. The number of hydrogen-bond donors (Lipinski definition) is 3. The van der Waals surface area contributed by atoms with Crippen molar-refractivity contribution in [3.05, 3.63) is 0 Å². The molecular formula is C13H23N3O3. The Bertz CT molecular complexity index is 339. The average molecular weight is 269 g/mol. The first kappa shape index (κ1) is 13.3. The van der Waals surface area contributed by atoms with E-state index in [9.17, 15) is 9.90 Å². The standard InChI is InChI=1S/C13H23N3O3/c17-10-4-12(14-5-10)13(18)15-6-11-7-16-3-1-2-9(16)8-19-11/h9-12,14,17H,1-8H2,(H,15,18). The molecule has 19 heavy (non-hydrogen) atoms. The molecule has 3 aliphatic heterocycles. The van der Waals surface area contributed by atoms with Gasteiger partial charge in [-0.3, -0.25) is 9.69 Å². The molecule has 108 valence electrons. The van der Waals surface area contributed by atoms with Crippen LogP contribution in [0.4, 0.5) is 0 Å². The molecule has 0 aliphatic carbocycles. The number of morpholine rings is 1. The van der Waals surface area contributed by atoms with Crippen LogP contribution < -0.4 is 10.6 Å². The van der Waals surface area contributed by atoms with E-state index in [2.05, 4.69) is 15.5 Å². The highest BCUT2D eigenvalue weighted by molar-refractivity contribution is 5.82. The Hall–Kier alpha value is -0.690. The number of β-amino-alcohol motifs (C(OH)–C–C–N with tert-alkyl or cyclic N) is 1. The molecule has 1 amide bonds. The predicted molar refractivity (Wildman–Crippen MR) is 69.8 cm³/mol. The third-order valence-corrected chi connectivity index (χ3v) is 4.39. The second-order valence-electron chi connectivity index (χ2n) is 5.84. The van der Waals surface area contributed by atoms with Crippen LogP contribution in [0.25, 0.3) is 0 Å². The van der Waals surface area contributed by atoms with Crippen molar-refractivity contribution in [2.75, 3.05) is 32.8 Å². The van der Waals surface area contributed by atoms with Crippen molar-refractivity contribution in [2.45, 2.75) is 43.6 Å². The van der Waals surface area contributed by atoms with Gasteiger partial charge in [-0.2, -0.15) is 0 Å². The topological polar surface area (TPSA) is 73.8 Å². The van der Waals surface area contributed by atoms with E-state index in [0.29, 0.717) is 25.6 Å². The Kier molecular flexibility index (Phi) is 4.02. The van der Waals surface area contributed by atoms with Crippen molar-refractivity contribution in [3.8, 4) is 0 Å². The van der Waals surface area contributed by atoms with Gasteiger partial charge in [0, 0.05) is 25.7 Å². The monoisotopic (exact) mass is 269 g/mol. The Morgan fingerprint density at radius 3 is 3.21 bits per heavy atom. The number of nitrogens with zero attached hydrogens (tertiary/aromatic N) is 1. The van der Waals surface area contributed by atoms with Crippen LogP contribution >= 0.6 is 0 Å². The highest BCUT2D eigenvalue weighted by Crippen LogP contribution is 2.22. The van der Waals surface area contributed by atoms with Crippen molar-refractivity contribution in [1.82, 2.24) is 15.5 Å². The SMILES string of the molecule is O=C(NCC1CN2CCCC2CO1)C1CC(O)CN1. The third-order valence-electron chi connectivity index (χ3n) is 4.39. The number of fused-ring (bicyclic) bond motifs is 1. The first-order chi connectivity index (χ1) is 9.22. The summed E-state index contributed by atoms with van der Waals surface area (Å²) < 4.78 is 5.80. The fourth-order valence-corrected chi connectivity index (χ4v) is 3.26. The zero-order valence-corrected chi connectivity index (χ0v) is 11.2. The van der Waals surface area contributed by atoms with Crippen LogP contribution in [0.3, 0.4) is 0 Å². The largest absolute Gasteiger partial charge is 0.392 e. The molecule has 3 fully saturated rings. The van der Waals surface area contributed by atoms with Crippen LogP contribution in [0.1, 0.15) is 19.3 Å². The first-order valence-corrected chi connectivity index (χ1v) is 7.27. The molecule has 6 heteroatoms. The van der Waals surface area contributed by atoms with Gasteiger partial charge in [-0.05, 0) is 25.8 Å². The quantitative estimate of drug-likeness (QED) is 0.593. The minimum atomic E-state index is -0.396. The minimum absolute atomic E-state index is 0.0244. The second-order valence-corrected chi connectivity index (χ2v) is 5.84. The Morgan fingerprint density at radius 2 is 2.42 bits per heavy atom. The van der Waals surface area contributed by atoms with Crippen LogP contribution in [0, 0.1) is 0 Å². The van der Waals surface area contributed by atoms with Gasteiger partial charge >= 0.3 is 0 Å². The molecule has 3 saturated heterocycles. The molecule has 3 aliphatic rings. The number of aliphatic hydroxyl groups is 1. The molecule has 0 aromatic heterocycles. The maximum absolute atomic E-state index is 11.9. The van der Waals surface area contributed by atoms with Crippen LogP contribution in [-0.2, 0) is 9.53 Å². The number of rotatable bonds is 3. The number of carbonyl (C=O) groups excluding carboxylic acids is 1. The lowest BCUT2D eigenvalue weighted by Gasteiger charge is -2.35. The van der Waals surface area contributed by atoms with E-state index in [1.165, 1.54) is 12.8 Å². The van der Waals surface area contributed by atoms with Crippen molar-refractivity contribution >= 4 is 5.91 Å². The first-order valence-electron chi connectivity index (χ1n) is 7.27. The van der Waals surface area contributed by atoms with E-state index in [0.717, 1.165) is 19.7 Å². The summed E-state index contributed by atoms with van der Waals surface area (Å²) in [5.74, 6) is -0.0244. The highest BCUT2D eigenvalue weighted by Gasteiger charge is 2.33. The number of aliphatic hydroxyl groups excluding tert-OH is 1. The van der Waals surface area contributed by atoms with E-state index in [1.54, 1.807) is 0 Å². The summed E-state index contributed by atoms with van der Waals surface area (Å²) in [7, 11) is 0. The van der Waals surface area contributed by atoms with E-state index in [-0.39, 0.29) is 18.1 Å². The summed E-state index contributed by atoms with van der Waals surface area (Å²) >= 11 is 0. The molecule has 0 bridgehead atoms. The molecular weight excluding hydrogens is 246 g/mol. The molecule has 3 N–H and O–H groups in total. The summed E-state index contributed by atoms with van der Waals surface area (Å²) in [6.45, 7) is 3.95. The minimum Gasteiger partial charge on any atom is -0.392 e. The van der Waals surface area contributed by atoms with Gasteiger partial charge in [-0.25, -0.2) is 0 Å². The van der Waals surface area contributed by atoms with E-state index >= 15 is 0 Å². The van der Waals surface area contributed by atoms with Gasteiger partial charge < -0.3 is 20.5 Å². The smallest absolute Gasteiger partial charge is 0.237 e. The number of ether oxygens (including phenoxy) is 1. The van der Waals surface area contributed by atoms with Crippen LogP contribution in [0.15, 0.2) is 0 Å². The van der Waals surface area contributed by atoms with Gasteiger partial charge in [0.25, 0.3) is 0 Å². The third kappa shape index (κ3) is 3.08. The lowest BCUT2D eigenvalue weighted by molar-refractivity contribution is -0.124. The summed E-state index contributed by atoms with van der Waals surface area (Å²) in [4.78, 5) is 14.4. The molecule has 0 aromatic carbocycles. The lowest BCUT2D eigenvalue weighted by atomic mass is 10.1. The molecule has 0 saturated carbocycles. The summed E-state index contributed by atoms with van der Waals surface area (Å²) in [5, 5.41) is 15.3. The molecule has 4 atom stereocenters. The fraction of sp³-hybridized carbons (Fsp3) is 0.923. The maximum Gasteiger partial charge on any atom is 0.237 e. The van der Waals surface area contributed by atoms with Gasteiger partial charge in [-0.15, -0.1) is 0 Å². The normalized spacial score (nSPS) is 39.2. The second kappa shape index (κ2) is 5.75. The van der Waals surface area contributed by atoms with Gasteiger partial charge in [-0.1, -0.05) is 0 Å². The molecule has 0 aromatic rings. The van der Waals surface area contributed by atoms with Crippen LogP contribution in [0.5, 0.6) is 0 Å². The number of hydrogen-bond acceptors (Lipinski definition) is 5. The van der Waals surface area contributed by atoms with Crippen molar-refractivity contribution in [3.63, 3.8) is 0 Å². The Balaban J connectivity index is 1.41. The highest BCUT2D eigenvalue weighted by atomic mass is 16.5. The molecule has 0 radical (unpaired) electrons. The maximum atomic E-state index is 11.9. The van der Waals surface area contributed by atoms with Crippen LogP contribution in [0.2, 0.25) is 0 Å². The summed E-state index contributed by atoms with van der Waals surface area (Å²) in [6.07, 6.45) is 2.71. The number of carbonyl (C=O) groups is 1. The molecule has 6 nitrogen and oxygen atoms in total. The Morgan fingerprint density at radius 1 is 1.53 bits per heavy atom. The molecule has 0 spiro atoms.